The second-order valence-corrected chi connectivity index (χ2v) is 9.76. The average molecular weight is 452 g/mol. The van der Waals surface area contributed by atoms with Crippen LogP contribution in [0.2, 0.25) is 0 Å². The summed E-state index contributed by atoms with van der Waals surface area (Å²) >= 11 is 0. The number of benzene rings is 2. The Morgan fingerprint density at radius 1 is 1.03 bits per heavy atom. The number of hydrogen-bond donors (Lipinski definition) is 2. The third-order valence-electron chi connectivity index (χ3n) is 5.46. The van der Waals surface area contributed by atoms with Crippen LogP contribution < -0.4 is 10.0 Å². The number of hydrogen-bond acceptors (Lipinski definition) is 5. The first kappa shape index (κ1) is 21.8. The zero-order valence-electron chi connectivity index (χ0n) is 18.2. The molecule has 0 radical (unpaired) electrons. The predicted molar refractivity (Wildman–Crippen MR) is 125 cm³/mol. The van der Waals surface area contributed by atoms with Gasteiger partial charge in [-0.05, 0) is 80.6 Å². The third kappa shape index (κ3) is 4.91. The molecule has 1 aliphatic carbocycles. The van der Waals surface area contributed by atoms with Gasteiger partial charge in [-0.1, -0.05) is 29.4 Å². The van der Waals surface area contributed by atoms with Gasteiger partial charge in [-0.2, -0.15) is 0 Å². The highest BCUT2D eigenvalue weighted by Gasteiger charge is 2.30. The molecule has 1 amide bonds. The zero-order chi connectivity index (χ0) is 22.9. The summed E-state index contributed by atoms with van der Waals surface area (Å²) < 4.78 is 33.3. The Kier molecular flexibility index (Phi) is 5.88. The van der Waals surface area contributed by atoms with Crippen LogP contribution in [-0.4, -0.2) is 19.5 Å². The highest BCUT2D eigenvalue weighted by Crippen LogP contribution is 2.32. The standard InChI is InChI=1S/C24H25N3O4S/c1-15-4-10-20(14-16(15)2)27-32(29,30)21-11-5-18(6-12-21)7-13-22-23(17(3)26-31-22)25-24(28)19-8-9-19/h4-7,10-14,19,27H,8-9H2,1-3H3,(H,25,28)/b13-7-. The van der Waals surface area contributed by atoms with Crippen molar-refractivity contribution >= 4 is 39.5 Å². The summed E-state index contributed by atoms with van der Waals surface area (Å²) in [5, 5.41) is 6.81. The Hall–Kier alpha value is -3.39. The number of aryl methyl sites for hydroxylation is 3. The van der Waals surface area contributed by atoms with Crippen molar-refractivity contribution in [1.82, 2.24) is 5.16 Å². The van der Waals surface area contributed by atoms with Crippen LogP contribution in [0.1, 0.15) is 41.0 Å². The molecule has 0 bridgehead atoms. The molecule has 0 spiro atoms. The lowest BCUT2D eigenvalue weighted by molar-refractivity contribution is -0.117. The minimum absolute atomic E-state index is 0.0169. The largest absolute Gasteiger partial charge is 0.354 e. The molecule has 1 fully saturated rings. The van der Waals surface area contributed by atoms with Crippen molar-refractivity contribution in [2.24, 2.45) is 5.92 Å². The highest BCUT2D eigenvalue weighted by molar-refractivity contribution is 7.92. The van der Waals surface area contributed by atoms with Crippen molar-refractivity contribution in [2.75, 3.05) is 10.0 Å². The van der Waals surface area contributed by atoms with Crippen LogP contribution in [0.4, 0.5) is 11.4 Å². The number of nitrogens with zero attached hydrogens (tertiary/aromatic N) is 1. The minimum atomic E-state index is -3.70. The monoisotopic (exact) mass is 451 g/mol. The van der Waals surface area contributed by atoms with Crippen LogP contribution in [-0.2, 0) is 14.8 Å². The van der Waals surface area contributed by atoms with E-state index in [9.17, 15) is 13.2 Å². The molecule has 0 saturated heterocycles. The smallest absolute Gasteiger partial charge is 0.261 e. The molecule has 1 heterocycles. The van der Waals surface area contributed by atoms with E-state index >= 15 is 0 Å². The second kappa shape index (κ2) is 8.63. The second-order valence-electron chi connectivity index (χ2n) is 8.08. The molecule has 0 atom stereocenters. The summed E-state index contributed by atoms with van der Waals surface area (Å²) in [7, 11) is -3.70. The van der Waals surface area contributed by atoms with Crippen molar-refractivity contribution < 1.29 is 17.7 Å². The number of amides is 1. The summed E-state index contributed by atoms with van der Waals surface area (Å²) in [4.78, 5) is 12.2. The van der Waals surface area contributed by atoms with Crippen LogP contribution in [0.25, 0.3) is 12.2 Å². The quantitative estimate of drug-likeness (QED) is 0.531. The summed E-state index contributed by atoms with van der Waals surface area (Å²) in [6.45, 7) is 5.68. The van der Waals surface area contributed by atoms with Crippen LogP contribution in [0.15, 0.2) is 51.9 Å². The maximum atomic E-state index is 12.7. The number of aromatic nitrogens is 1. The van der Waals surface area contributed by atoms with E-state index in [4.69, 9.17) is 4.52 Å². The van der Waals surface area contributed by atoms with Crippen LogP contribution in [0.5, 0.6) is 0 Å². The van der Waals surface area contributed by atoms with Gasteiger partial charge in [0, 0.05) is 11.6 Å². The maximum Gasteiger partial charge on any atom is 0.261 e. The normalized spacial score (nSPS) is 14.0. The van der Waals surface area contributed by atoms with Gasteiger partial charge in [-0.15, -0.1) is 0 Å². The summed E-state index contributed by atoms with van der Waals surface area (Å²) in [5.74, 6) is 0.509. The van der Waals surface area contributed by atoms with Gasteiger partial charge in [0.15, 0.2) is 5.76 Å². The van der Waals surface area contributed by atoms with E-state index in [1.807, 2.05) is 26.0 Å². The molecule has 8 heteroatoms. The Morgan fingerprint density at radius 2 is 1.75 bits per heavy atom. The van der Waals surface area contributed by atoms with E-state index in [-0.39, 0.29) is 16.7 Å². The molecule has 0 unspecified atom stereocenters. The molecular formula is C24H25N3O4S. The van der Waals surface area contributed by atoms with E-state index < -0.39 is 10.0 Å². The summed E-state index contributed by atoms with van der Waals surface area (Å²) in [5.41, 5.74) is 4.59. The molecule has 166 valence electrons. The van der Waals surface area contributed by atoms with Crippen LogP contribution in [0.3, 0.4) is 0 Å². The summed E-state index contributed by atoms with van der Waals surface area (Å²) in [6.07, 6.45) is 5.31. The molecule has 0 aliphatic heterocycles. The zero-order valence-corrected chi connectivity index (χ0v) is 19.0. The van der Waals surface area contributed by atoms with Crippen LogP contribution >= 0.6 is 0 Å². The lowest BCUT2D eigenvalue weighted by Gasteiger charge is -2.10. The SMILES string of the molecule is Cc1ccc(NS(=O)(=O)c2ccc(/C=C\c3onc(C)c3NC(=O)C3CC3)cc2)cc1C. The first-order valence-corrected chi connectivity index (χ1v) is 11.9. The fourth-order valence-electron chi connectivity index (χ4n) is 3.17. The van der Waals surface area contributed by atoms with Gasteiger partial charge in [-0.3, -0.25) is 9.52 Å². The lowest BCUT2D eigenvalue weighted by atomic mass is 10.1. The molecule has 1 aliphatic rings. The van der Waals surface area contributed by atoms with Crippen molar-refractivity contribution in [3.05, 3.63) is 70.6 Å². The third-order valence-corrected chi connectivity index (χ3v) is 6.86. The number of nitrogens with one attached hydrogen (secondary N) is 2. The van der Waals surface area contributed by atoms with E-state index in [2.05, 4.69) is 15.2 Å². The van der Waals surface area contributed by atoms with Gasteiger partial charge in [0.05, 0.1) is 4.90 Å². The van der Waals surface area contributed by atoms with E-state index in [0.29, 0.717) is 22.8 Å². The Balaban J connectivity index is 1.47. The Bertz CT molecular complexity index is 1290. The molecule has 1 aromatic heterocycles. The maximum absolute atomic E-state index is 12.7. The van der Waals surface area contributed by atoms with Crippen molar-refractivity contribution in [2.45, 2.75) is 38.5 Å². The molecule has 32 heavy (non-hydrogen) atoms. The predicted octanol–water partition coefficient (Wildman–Crippen LogP) is 4.92. The molecule has 7 nitrogen and oxygen atoms in total. The molecule has 1 saturated carbocycles. The summed E-state index contributed by atoms with van der Waals surface area (Å²) in [6, 6.07) is 11.9. The van der Waals surface area contributed by atoms with Crippen LogP contribution in [0, 0.1) is 26.7 Å². The van der Waals surface area contributed by atoms with Gasteiger partial charge in [0.25, 0.3) is 10.0 Å². The van der Waals surface area contributed by atoms with Gasteiger partial charge in [0.2, 0.25) is 5.91 Å². The fourth-order valence-corrected chi connectivity index (χ4v) is 4.22. The molecular weight excluding hydrogens is 426 g/mol. The first-order valence-electron chi connectivity index (χ1n) is 10.4. The van der Waals surface area contributed by atoms with Gasteiger partial charge >= 0.3 is 0 Å². The van der Waals surface area contributed by atoms with E-state index in [0.717, 1.165) is 29.5 Å². The molecule has 4 rings (SSSR count). The van der Waals surface area contributed by atoms with Crippen molar-refractivity contribution in [3.8, 4) is 0 Å². The Morgan fingerprint density at radius 3 is 2.41 bits per heavy atom. The Labute approximate surface area is 187 Å². The van der Waals surface area contributed by atoms with Gasteiger partial charge < -0.3 is 9.84 Å². The van der Waals surface area contributed by atoms with Crippen molar-refractivity contribution in [3.63, 3.8) is 0 Å². The molecule has 2 N–H and O–H groups in total. The number of rotatable bonds is 7. The highest BCUT2D eigenvalue weighted by atomic mass is 32.2. The van der Waals surface area contributed by atoms with Gasteiger partial charge in [-0.25, -0.2) is 8.42 Å². The number of carbonyl (C=O) groups excluding carboxylic acids is 1. The van der Waals surface area contributed by atoms with E-state index in [1.54, 1.807) is 49.4 Å². The topological polar surface area (TPSA) is 101 Å². The lowest BCUT2D eigenvalue weighted by Crippen LogP contribution is -2.14. The molecule has 2 aromatic carbocycles. The minimum Gasteiger partial charge on any atom is -0.354 e. The van der Waals surface area contributed by atoms with Crippen molar-refractivity contribution in [1.29, 1.82) is 0 Å². The molecule has 3 aromatic rings. The van der Waals surface area contributed by atoms with E-state index in [1.165, 1.54) is 0 Å². The number of carbonyl (C=O) groups is 1. The van der Waals surface area contributed by atoms with Gasteiger partial charge in [0.1, 0.15) is 11.4 Å². The number of anilines is 2. The first-order chi connectivity index (χ1) is 15.2. The fraction of sp³-hybridized carbons (Fsp3) is 0.250. The number of sulfonamides is 1. The average Bonchev–Trinajstić information content (AvgIpc) is 3.55.